The average Bonchev–Trinajstić information content (AvgIpc) is 3.35. The molecule has 1 aliphatic rings. The molecule has 0 saturated heterocycles. The van der Waals surface area contributed by atoms with E-state index in [0.717, 1.165) is 23.3 Å². The molecule has 2 N–H and O–H groups in total. The van der Waals surface area contributed by atoms with E-state index in [9.17, 15) is 9.59 Å². The molecule has 2 atom stereocenters. The topological polar surface area (TPSA) is 67.4 Å². The van der Waals surface area contributed by atoms with E-state index in [4.69, 9.17) is 4.74 Å². The molecule has 1 fully saturated rings. The zero-order valence-electron chi connectivity index (χ0n) is 16.0. The van der Waals surface area contributed by atoms with E-state index in [1.165, 1.54) is 0 Å². The predicted molar refractivity (Wildman–Crippen MR) is 106 cm³/mol. The van der Waals surface area contributed by atoms with Crippen LogP contribution in [0, 0.1) is 25.7 Å². The van der Waals surface area contributed by atoms with Gasteiger partial charge in [0.15, 0.2) is 0 Å². The summed E-state index contributed by atoms with van der Waals surface area (Å²) in [6.07, 6.45) is 0.937. The van der Waals surface area contributed by atoms with Crippen molar-refractivity contribution in [1.29, 1.82) is 0 Å². The number of amides is 2. The minimum atomic E-state index is -0.185. The molecule has 0 radical (unpaired) electrons. The molecule has 0 aliphatic heterocycles. The van der Waals surface area contributed by atoms with Crippen molar-refractivity contribution < 1.29 is 14.3 Å². The van der Waals surface area contributed by atoms with Crippen molar-refractivity contribution in [3.05, 3.63) is 59.2 Å². The van der Waals surface area contributed by atoms with Crippen molar-refractivity contribution in [2.24, 2.45) is 11.8 Å². The number of hydrogen-bond acceptors (Lipinski definition) is 3. The number of aryl methyl sites for hydroxylation is 2. The fourth-order valence-electron chi connectivity index (χ4n) is 3.11. The minimum Gasteiger partial charge on any atom is -0.492 e. The van der Waals surface area contributed by atoms with E-state index in [1.54, 1.807) is 24.3 Å². The molecule has 2 aromatic rings. The van der Waals surface area contributed by atoms with Crippen LogP contribution in [-0.4, -0.2) is 25.0 Å². The Hall–Kier alpha value is -2.82. The quantitative estimate of drug-likeness (QED) is 0.734. The van der Waals surface area contributed by atoms with Gasteiger partial charge in [-0.05, 0) is 67.6 Å². The highest BCUT2D eigenvalue weighted by molar-refractivity contribution is 5.98. The number of carbonyl (C=O) groups is 2. The monoisotopic (exact) mass is 366 g/mol. The van der Waals surface area contributed by atoms with Gasteiger partial charge in [0, 0.05) is 17.2 Å². The van der Waals surface area contributed by atoms with Crippen LogP contribution in [0.15, 0.2) is 42.5 Å². The van der Waals surface area contributed by atoms with E-state index >= 15 is 0 Å². The summed E-state index contributed by atoms with van der Waals surface area (Å²) in [5, 5.41) is 5.73. The molecular weight excluding hydrogens is 340 g/mol. The van der Waals surface area contributed by atoms with Crippen LogP contribution in [0.5, 0.6) is 5.75 Å². The third-order valence-electron chi connectivity index (χ3n) is 4.69. The van der Waals surface area contributed by atoms with Gasteiger partial charge in [-0.25, -0.2) is 0 Å². The molecule has 0 heterocycles. The maximum Gasteiger partial charge on any atom is 0.251 e. The molecule has 0 spiro atoms. The van der Waals surface area contributed by atoms with Crippen molar-refractivity contribution in [2.45, 2.75) is 27.2 Å². The van der Waals surface area contributed by atoms with Gasteiger partial charge in [0.2, 0.25) is 5.91 Å². The van der Waals surface area contributed by atoms with Gasteiger partial charge in [-0.15, -0.1) is 0 Å². The Kier molecular flexibility index (Phi) is 5.79. The average molecular weight is 366 g/mol. The van der Waals surface area contributed by atoms with E-state index in [0.29, 0.717) is 30.3 Å². The van der Waals surface area contributed by atoms with Gasteiger partial charge in [-0.1, -0.05) is 19.1 Å². The number of rotatable bonds is 7. The van der Waals surface area contributed by atoms with Gasteiger partial charge in [0.05, 0.1) is 6.54 Å². The number of benzene rings is 2. The van der Waals surface area contributed by atoms with Gasteiger partial charge >= 0.3 is 0 Å². The predicted octanol–water partition coefficient (Wildman–Crippen LogP) is 3.71. The Morgan fingerprint density at radius 1 is 1.11 bits per heavy atom. The molecule has 1 aliphatic carbocycles. The summed E-state index contributed by atoms with van der Waals surface area (Å²) in [5.41, 5.74) is 3.46. The summed E-state index contributed by atoms with van der Waals surface area (Å²) in [6, 6.07) is 13.0. The lowest BCUT2D eigenvalue weighted by atomic mass is 10.1. The van der Waals surface area contributed by atoms with Crippen LogP contribution >= 0.6 is 0 Å². The minimum absolute atomic E-state index is 0.0295. The molecular formula is C22H26N2O3. The fourth-order valence-corrected chi connectivity index (χ4v) is 3.11. The molecule has 2 amide bonds. The highest BCUT2D eigenvalue weighted by Crippen LogP contribution is 2.38. The van der Waals surface area contributed by atoms with Gasteiger partial charge < -0.3 is 15.4 Å². The largest absolute Gasteiger partial charge is 0.492 e. The molecule has 5 nitrogen and oxygen atoms in total. The lowest BCUT2D eigenvalue weighted by molar-refractivity contribution is -0.117. The van der Waals surface area contributed by atoms with E-state index in [2.05, 4.69) is 23.6 Å². The SMILES string of the molecule is Cc1cc(C)cc(OCCNC(=O)c2cccc(NC(=O)C3CC3C)c2)c1. The van der Waals surface area contributed by atoms with Crippen LogP contribution in [0.4, 0.5) is 5.69 Å². The molecule has 3 rings (SSSR count). The van der Waals surface area contributed by atoms with Crippen LogP contribution < -0.4 is 15.4 Å². The van der Waals surface area contributed by atoms with Crippen LogP contribution in [0.3, 0.4) is 0 Å². The van der Waals surface area contributed by atoms with Crippen LogP contribution in [0.25, 0.3) is 0 Å². The first-order valence-corrected chi connectivity index (χ1v) is 9.32. The van der Waals surface area contributed by atoms with Gasteiger partial charge in [-0.2, -0.15) is 0 Å². The van der Waals surface area contributed by atoms with E-state index < -0.39 is 0 Å². The Bertz CT molecular complexity index is 827. The van der Waals surface area contributed by atoms with Crippen LogP contribution in [0.1, 0.15) is 34.8 Å². The summed E-state index contributed by atoms with van der Waals surface area (Å²) < 4.78 is 5.70. The number of anilines is 1. The zero-order chi connectivity index (χ0) is 19.4. The third kappa shape index (κ3) is 5.33. The first-order chi connectivity index (χ1) is 12.9. The summed E-state index contributed by atoms with van der Waals surface area (Å²) in [7, 11) is 0. The molecule has 1 saturated carbocycles. The van der Waals surface area contributed by atoms with Crippen molar-refractivity contribution in [1.82, 2.24) is 5.32 Å². The molecule has 2 aromatic carbocycles. The Balaban J connectivity index is 1.47. The summed E-state index contributed by atoms with van der Waals surface area (Å²) in [5.74, 6) is 1.20. The lowest BCUT2D eigenvalue weighted by Crippen LogP contribution is -2.28. The highest BCUT2D eigenvalue weighted by Gasteiger charge is 2.39. The third-order valence-corrected chi connectivity index (χ3v) is 4.69. The van der Waals surface area contributed by atoms with Crippen LogP contribution in [0.2, 0.25) is 0 Å². The second-order valence-corrected chi connectivity index (χ2v) is 7.32. The van der Waals surface area contributed by atoms with Gasteiger partial charge in [-0.3, -0.25) is 9.59 Å². The first-order valence-electron chi connectivity index (χ1n) is 9.32. The number of hydrogen-bond donors (Lipinski definition) is 2. The lowest BCUT2D eigenvalue weighted by Gasteiger charge is -2.10. The Labute approximate surface area is 160 Å². The molecule has 142 valence electrons. The van der Waals surface area contributed by atoms with Crippen molar-refractivity contribution in [3.63, 3.8) is 0 Å². The molecule has 2 unspecified atom stereocenters. The summed E-state index contributed by atoms with van der Waals surface area (Å²) in [4.78, 5) is 24.4. The second kappa shape index (κ2) is 8.25. The van der Waals surface area contributed by atoms with Crippen molar-refractivity contribution in [2.75, 3.05) is 18.5 Å². The van der Waals surface area contributed by atoms with Crippen molar-refractivity contribution >= 4 is 17.5 Å². The highest BCUT2D eigenvalue weighted by atomic mass is 16.5. The molecule has 0 bridgehead atoms. The molecule has 5 heteroatoms. The van der Waals surface area contributed by atoms with E-state index in [-0.39, 0.29) is 17.7 Å². The van der Waals surface area contributed by atoms with Gasteiger partial charge in [0.25, 0.3) is 5.91 Å². The maximum absolute atomic E-state index is 12.3. The number of ether oxygens (including phenoxy) is 1. The smallest absolute Gasteiger partial charge is 0.251 e. The fraction of sp³-hybridized carbons (Fsp3) is 0.364. The van der Waals surface area contributed by atoms with Gasteiger partial charge in [0.1, 0.15) is 12.4 Å². The second-order valence-electron chi connectivity index (χ2n) is 7.32. The normalized spacial score (nSPS) is 17.9. The maximum atomic E-state index is 12.3. The Morgan fingerprint density at radius 2 is 1.81 bits per heavy atom. The standard InChI is InChI=1S/C22H26N2O3/c1-14-9-15(2)11-19(10-14)27-8-7-23-21(25)17-5-4-6-18(13-17)24-22(26)20-12-16(20)3/h4-6,9-11,13,16,20H,7-8,12H2,1-3H3,(H,23,25)(H,24,26). The molecule has 0 aromatic heterocycles. The zero-order valence-corrected chi connectivity index (χ0v) is 16.0. The van der Waals surface area contributed by atoms with E-state index in [1.807, 2.05) is 26.0 Å². The van der Waals surface area contributed by atoms with Crippen molar-refractivity contribution in [3.8, 4) is 5.75 Å². The number of nitrogens with one attached hydrogen (secondary N) is 2. The van der Waals surface area contributed by atoms with Crippen LogP contribution in [-0.2, 0) is 4.79 Å². The summed E-state index contributed by atoms with van der Waals surface area (Å²) in [6.45, 7) is 6.91. The number of carbonyl (C=O) groups excluding carboxylic acids is 2. The first kappa shape index (κ1) is 19.0. The Morgan fingerprint density at radius 3 is 2.48 bits per heavy atom. The molecule has 27 heavy (non-hydrogen) atoms. The summed E-state index contributed by atoms with van der Waals surface area (Å²) >= 11 is 0.